The van der Waals surface area contributed by atoms with Gasteiger partial charge in [0.05, 0.1) is 0 Å². The predicted octanol–water partition coefficient (Wildman–Crippen LogP) is 2.95. The molecule has 0 saturated carbocycles. The van der Waals surface area contributed by atoms with Crippen LogP contribution in [-0.4, -0.2) is 23.8 Å². The second-order valence-corrected chi connectivity index (χ2v) is 4.79. The number of nitrogens with one attached hydrogen (secondary N) is 1. The molecule has 0 radical (unpaired) electrons. The molecule has 0 spiro atoms. The molecule has 0 aromatic carbocycles. The van der Waals surface area contributed by atoms with Gasteiger partial charge in [-0.3, -0.25) is 0 Å². The highest BCUT2D eigenvalue weighted by Gasteiger charge is 2.12. The first kappa shape index (κ1) is 14.9. The highest BCUT2D eigenvalue weighted by atomic mass is 16.2. The summed E-state index contributed by atoms with van der Waals surface area (Å²) in [5, 5.41) is 12.4. The van der Waals surface area contributed by atoms with Crippen LogP contribution in [0.3, 0.4) is 0 Å². The van der Waals surface area contributed by atoms with Gasteiger partial charge >= 0.3 is 0 Å². The minimum absolute atomic E-state index is 0.314. The van der Waals surface area contributed by atoms with Crippen molar-refractivity contribution in [2.24, 2.45) is 5.92 Å². The van der Waals surface area contributed by atoms with Crippen LogP contribution >= 0.6 is 0 Å². The third-order valence-corrected chi connectivity index (χ3v) is 3.19. The maximum Gasteiger partial charge on any atom is 0.0431 e. The van der Waals surface area contributed by atoms with Crippen molar-refractivity contribution in [1.29, 1.82) is 0 Å². The largest absolute Gasteiger partial charge is 0.396 e. The summed E-state index contributed by atoms with van der Waals surface area (Å²) in [6.07, 6.45) is 5.73. The van der Waals surface area contributed by atoms with E-state index in [1.165, 1.54) is 19.3 Å². The van der Waals surface area contributed by atoms with Crippen molar-refractivity contribution in [2.45, 2.75) is 71.9 Å². The fourth-order valence-electron chi connectivity index (χ4n) is 1.89. The van der Waals surface area contributed by atoms with Crippen LogP contribution < -0.4 is 5.32 Å². The Kier molecular flexibility index (Phi) is 9.12. The van der Waals surface area contributed by atoms with Crippen LogP contribution in [0.1, 0.15) is 59.8 Å². The molecule has 0 amide bonds. The Bertz CT molecular complexity index is 138. The molecule has 0 aliphatic carbocycles. The van der Waals surface area contributed by atoms with Crippen molar-refractivity contribution in [3.8, 4) is 0 Å². The van der Waals surface area contributed by atoms with E-state index in [9.17, 15) is 0 Å². The van der Waals surface area contributed by atoms with Gasteiger partial charge < -0.3 is 10.4 Å². The second kappa shape index (κ2) is 9.17. The van der Waals surface area contributed by atoms with Crippen molar-refractivity contribution >= 4 is 0 Å². The van der Waals surface area contributed by atoms with Gasteiger partial charge in [0.2, 0.25) is 0 Å². The summed E-state index contributed by atoms with van der Waals surface area (Å²) in [5.74, 6) is 0.812. The Hall–Kier alpha value is -0.0800. The minimum Gasteiger partial charge on any atom is -0.396 e. The van der Waals surface area contributed by atoms with E-state index < -0.39 is 0 Å². The number of aliphatic hydroxyl groups is 1. The van der Waals surface area contributed by atoms with Crippen molar-refractivity contribution in [1.82, 2.24) is 5.32 Å². The predicted molar refractivity (Wildman–Crippen MR) is 67.1 cm³/mol. The molecule has 0 heterocycles. The molecule has 0 saturated heterocycles. The standard InChI is InChI=1S/C13H29NO/c1-5-11(3)10-13(6-2)14-12(4)8-7-9-15/h11-15H,5-10H2,1-4H3. The molecule has 15 heavy (non-hydrogen) atoms. The Labute approximate surface area is 95.5 Å². The van der Waals surface area contributed by atoms with E-state index in [4.69, 9.17) is 5.11 Å². The average Bonchev–Trinajstić information content (AvgIpc) is 2.25. The molecule has 2 nitrogen and oxygen atoms in total. The molecule has 0 rings (SSSR count). The zero-order valence-corrected chi connectivity index (χ0v) is 10.9. The molecule has 92 valence electrons. The van der Waals surface area contributed by atoms with E-state index in [0.29, 0.717) is 18.7 Å². The molecule has 0 fully saturated rings. The number of aliphatic hydroxyl groups excluding tert-OH is 1. The van der Waals surface area contributed by atoms with Gasteiger partial charge in [-0.25, -0.2) is 0 Å². The first-order chi connectivity index (χ1) is 7.13. The van der Waals surface area contributed by atoms with Crippen LogP contribution in [0.15, 0.2) is 0 Å². The third-order valence-electron chi connectivity index (χ3n) is 3.19. The zero-order valence-electron chi connectivity index (χ0n) is 10.9. The second-order valence-electron chi connectivity index (χ2n) is 4.79. The Morgan fingerprint density at radius 2 is 1.80 bits per heavy atom. The maximum absolute atomic E-state index is 8.76. The first-order valence-electron chi connectivity index (χ1n) is 6.50. The lowest BCUT2D eigenvalue weighted by Crippen LogP contribution is -2.37. The normalized spacial score (nSPS) is 17.4. The van der Waals surface area contributed by atoms with Crippen LogP contribution in [0.4, 0.5) is 0 Å². The summed E-state index contributed by atoms with van der Waals surface area (Å²) in [5.41, 5.74) is 0. The van der Waals surface area contributed by atoms with Crippen LogP contribution in [-0.2, 0) is 0 Å². The van der Waals surface area contributed by atoms with Gasteiger partial charge in [0.1, 0.15) is 0 Å². The summed E-state index contributed by atoms with van der Waals surface area (Å²) < 4.78 is 0. The van der Waals surface area contributed by atoms with Gasteiger partial charge in [-0.1, -0.05) is 27.2 Å². The lowest BCUT2D eigenvalue weighted by molar-refractivity contribution is 0.269. The van der Waals surface area contributed by atoms with Gasteiger partial charge in [0.25, 0.3) is 0 Å². The molecule has 3 unspecified atom stereocenters. The van der Waals surface area contributed by atoms with Crippen molar-refractivity contribution in [3.63, 3.8) is 0 Å². The van der Waals surface area contributed by atoms with E-state index in [1.807, 2.05) is 0 Å². The van der Waals surface area contributed by atoms with Crippen molar-refractivity contribution in [3.05, 3.63) is 0 Å². The third kappa shape index (κ3) is 7.80. The quantitative estimate of drug-likeness (QED) is 0.620. The summed E-state index contributed by atoms with van der Waals surface area (Å²) in [7, 11) is 0. The molecule has 0 aliphatic rings. The van der Waals surface area contributed by atoms with Crippen LogP contribution in [0.25, 0.3) is 0 Å². The molecule has 2 heteroatoms. The molecule has 0 bridgehead atoms. The topological polar surface area (TPSA) is 32.3 Å². The van der Waals surface area contributed by atoms with E-state index in [1.54, 1.807) is 0 Å². The monoisotopic (exact) mass is 215 g/mol. The maximum atomic E-state index is 8.76. The van der Waals surface area contributed by atoms with Crippen molar-refractivity contribution < 1.29 is 5.11 Å². The van der Waals surface area contributed by atoms with E-state index >= 15 is 0 Å². The van der Waals surface area contributed by atoms with Crippen LogP contribution in [0.5, 0.6) is 0 Å². The lowest BCUT2D eigenvalue weighted by atomic mass is 9.97. The van der Waals surface area contributed by atoms with E-state index in [-0.39, 0.29) is 0 Å². The Morgan fingerprint density at radius 1 is 1.13 bits per heavy atom. The summed E-state index contributed by atoms with van der Waals surface area (Å²) in [6.45, 7) is 9.36. The first-order valence-corrected chi connectivity index (χ1v) is 6.50. The highest BCUT2D eigenvalue weighted by molar-refractivity contribution is 4.72. The molecule has 3 atom stereocenters. The summed E-state index contributed by atoms with van der Waals surface area (Å²) >= 11 is 0. The fourth-order valence-corrected chi connectivity index (χ4v) is 1.89. The lowest BCUT2D eigenvalue weighted by Gasteiger charge is -2.24. The SMILES string of the molecule is CCC(C)CC(CC)NC(C)CCCO. The summed E-state index contributed by atoms with van der Waals surface area (Å²) in [4.78, 5) is 0. The Balaban J connectivity index is 3.76. The van der Waals surface area contributed by atoms with Crippen LogP contribution in [0, 0.1) is 5.92 Å². The molecule has 0 aromatic heterocycles. The molecule has 2 N–H and O–H groups in total. The van der Waals surface area contributed by atoms with Gasteiger partial charge in [0, 0.05) is 18.7 Å². The van der Waals surface area contributed by atoms with Gasteiger partial charge in [-0.05, 0) is 38.5 Å². The van der Waals surface area contributed by atoms with Crippen molar-refractivity contribution in [2.75, 3.05) is 6.61 Å². The number of rotatable bonds is 9. The van der Waals surface area contributed by atoms with Crippen LogP contribution in [0.2, 0.25) is 0 Å². The molecule has 0 aliphatic heterocycles. The molecular formula is C13H29NO. The van der Waals surface area contributed by atoms with E-state index in [2.05, 4.69) is 33.0 Å². The smallest absolute Gasteiger partial charge is 0.0431 e. The molecule has 0 aromatic rings. The van der Waals surface area contributed by atoms with E-state index in [0.717, 1.165) is 18.8 Å². The van der Waals surface area contributed by atoms with Gasteiger partial charge in [-0.15, -0.1) is 0 Å². The highest BCUT2D eigenvalue weighted by Crippen LogP contribution is 2.13. The van der Waals surface area contributed by atoms with Gasteiger partial charge in [-0.2, -0.15) is 0 Å². The fraction of sp³-hybridized carbons (Fsp3) is 1.00. The average molecular weight is 215 g/mol. The minimum atomic E-state index is 0.314. The molecular weight excluding hydrogens is 186 g/mol. The van der Waals surface area contributed by atoms with Gasteiger partial charge in [0.15, 0.2) is 0 Å². The zero-order chi connectivity index (χ0) is 11.7. The summed E-state index contributed by atoms with van der Waals surface area (Å²) in [6, 6.07) is 1.18. The Morgan fingerprint density at radius 3 is 2.27 bits per heavy atom. The number of hydrogen-bond acceptors (Lipinski definition) is 2. The number of hydrogen-bond donors (Lipinski definition) is 2.